The fourth-order valence-electron chi connectivity index (χ4n) is 2.57. The molecule has 0 saturated carbocycles. The fourth-order valence-corrected chi connectivity index (χ4v) is 2.57. The SMILES string of the molecule is Cc1cc(NC(=O)[C@H]2CCCCN2)ccc1-n1cnnn1. The summed E-state index contributed by atoms with van der Waals surface area (Å²) < 4.78 is 1.60. The first-order valence-electron chi connectivity index (χ1n) is 7.12. The summed E-state index contributed by atoms with van der Waals surface area (Å²) in [5, 5.41) is 17.3. The molecule has 0 radical (unpaired) electrons. The Hall–Kier alpha value is -2.28. The van der Waals surface area contributed by atoms with Gasteiger partial charge in [0.05, 0.1) is 11.7 Å². The van der Waals surface area contributed by atoms with Gasteiger partial charge in [0.25, 0.3) is 0 Å². The summed E-state index contributed by atoms with van der Waals surface area (Å²) in [6.07, 6.45) is 4.69. The number of piperidine rings is 1. The number of hydrogen-bond acceptors (Lipinski definition) is 5. The maximum Gasteiger partial charge on any atom is 0.241 e. The van der Waals surface area contributed by atoms with Crippen molar-refractivity contribution in [2.75, 3.05) is 11.9 Å². The normalized spacial score (nSPS) is 18.4. The van der Waals surface area contributed by atoms with E-state index < -0.39 is 0 Å². The van der Waals surface area contributed by atoms with Crippen molar-refractivity contribution in [3.63, 3.8) is 0 Å². The Balaban J connectivity index is 1.72. The van der Waals surface area contributed by atoms with Crippen LogP contribution < -0.4 is 10.6 Å². The first-order valence-corrected chi connectivity index (χ1v) is 7.12. The van der Waals surface area contributed by atoms with Gasteiger partial charge in [0, 0.05) is 5.69 Å². The van der Waals surface area contributed by atoms with Gasteiger partial charge in [-0.15, -0.1) is 5.10 Å². The standard InChI is InChI=1S/C14H18N6O/c1-10-8-11(5-6-13(10)20-9-16-18-19-20)17-14(21)12-4-2-3-7-15-12/h5-6,8-9,12,15H,2-4,7H2,1H3,(H,17,21)/t12-/m1/s1. The minimum atomic E-state index is -0.0850. The van der Waals surface area contributed by atoms with Crippen molar-refractivity contribution in [1.82, 2.24) is 25.5 Å². The molecule has 2 aromatic rings. The van der Waals surface area contributed by atoms with Gasteiger partial charge in [-0.2, -0.15) is 0 Å². The van der Waals surface area contributed by atoms with Gasteiger partial charge in [-0.25, -0.2) is 4.68 Å². The molecule has 110 valence electrons. The summed E-state index contributed by atoms with van der Waals surface area (Å²) in [5.41, 5.74) is 2.69. The Labute approximate surface area is 122 Å². The third-order valence-corrected chi connectivity index (χ3v) is 3.69. The molecule has 2 heterocycles. The Morgan fingerprint density at radius 3 is 3.00 bits per heavy atom. The second kappa shape index (κ2) is 6.01. The van der Waals surface area contributed by atoms with Crippen LogP contribution in [-0.4, -0.2) is 38.7 Å². The number of nitrogens with one attached hydrogen (secondary N) is 2. The monoisotopic (exact) mass is 286 g/mol. The third-order valence-electron chi connectivity index (χ3n) is 3.69. The van der Waals surface area contributed by atoms with Crippen molar-refractivity contribution in [1.29, 1.82) is 0 Å². The maximum absolute atomic E-state index is 12.2. The van der Waals surface area contributed by atoms with Crippen LogP contribution in [0.5, 0.6) is 0 Å². The number of anilines is 1. The summed E-state index contributed by atoms with van der Waals surface area (Å²) in [4.78, 5) is 12.2. The summed E-state index contributed by atoms with van der Waals surface area (Å²) in [6.45, 7) is 2.88. The quantitative estimate of drug-likeness (QED) is 0.881. The van der Waals surface area contributed by atoms with Crippen LogP contribution in [0.4, 0.5) is 5.69 Å². The van der Waals surface area contributed by atoms with E-state index in [1.807, 2.05) is 25.1 Å². The highest BCUT2D eigenvalue weighted by Gasteiger charge is 2.20. The molecule has 1 amide bonds. The molecule has 0 bridgehead atoms. The molecule has 3 rings (SSSR count). The Morgan fingerprint density at radius 1 is 1.43 bits per heavy atom. The van der Waals surface area contributed by atoms with Crippen molar-refractivity contribution in [3.8, 4) is 5.69 Å². The Kier molecular flexibility index (Phi) is 3.92. The second-order valence-corrected chi connectivity index (χ2v) is 5.25. The first-order chi connectivity index (χ1) is 10.2. The lowest BCUT2D eigenvalue weighted by Gasteiger charge is -2.22. The van der Waals surface area contributed by atoms with E-state index in [-0.39, 0.29) is 11.9 Å². The Bertz CT molecular complexity index is 618. The fraction of sp³-hybridized carbons (Fsp3) is 0.429. The highest BCUT2D eigenvalue weighted by atomic mass is 16.2. The van der Waals surface area contributed by atoms with E-state index in [4.69, 9.17) is 0 Å². The van der Waals surface area contributed by atoms with Gasteiger partial charge in [-0.3, -0.25) is 4.79 Å². The van der Waals surface area contributed by atoms with Crippen LogP contribution in [0.15, 0.2) is 24.5 Å². The number of carbonyl (C=O) groups excluding carboxylic acids is 1. The number of tetrazole rings is 1. The lowest BCUT2D eigenvalue weighted by atomic mass is 10.0. The summed E-state index contributed by atoms with van der Waals surface area (Å²) in [6, 6.07) is 5.61. The zero-order chi connectivity index (χ0) is 14.7. The van der Waals surface area contributed by atoms with E-state index in [1.54, 1.807) is 11.0 Å². The summed E-state index contributed by atoms with van der Waals surface area (Å²) in [5.74, 6) is 0.0317. The highest BCUT2D eigenvalue weighted by molar-refractivity contribution is 5.95. The number of carbonyl (C=O) groups is 1. The molecule has 1 fully saturated rings. The van der Waals surface area contributed by atoms with Gasteiger partial charge in [0.2, 0.25) is 5.91 Å². The van der Waals surface area contributed by atoms with Crippen LogP contribution in [-0.2, 0) is 4.79 Å². The number of aromatic nitrogens is 4. The van der Waals surface area contributed by atoms with E-state index >= 15 is 0 Å². The first kappa shape index (κ1) is 13.7. The molecular weight excluding hydrogens is 268 g/mol. The molecule has 1 aliphatic rings. The van der Waals surface area contributed by atoms with Gasteiger partial charge in [0.1, 0.15) is 6.33 Å². The number of nitrogens with zero attached hydrogens (tertiary/aromatic N) is 4. The molecule has 0 aliphatic carbocycles. The topological polar surface area (TPSA) is 84.7 Å². The summed E-state index contributed by atoms with van der Waals surface area (Å²) >= 11 is 0. The van der Waals surface area contributed by atoms with Crippen LogP contribution in [0, 0.1) is 6.92 Å². The van der Waals surface area contributed by atoms with E-state index in [9.17, 15) is 4.79 Å². The van der Waals surface area contributed by atoms with E-state index in [2.05, 4.69) is 26.2 Å². The molecule has 7 heteroatoms. The van der Waals surface area contributed by atoms with Gasteiger partial charge in [0.15, 0.2) is 0 Å². The number of amides is 1. The van der Waals surface area contributed by atoms with Crippen LogP contribution >= 0.6 is 0 Å². The van der Waals surface area contributed by atoms with E-state index in [0.29, 0.717) is 0 Å². The van der Waals surface area contributed by atoms with Crippen molar-refractivity contribution >= 4 is 11.6 Å². The largest absolute Gasteiger partial charge is 0.325 e. The molecule has 0 unspecified atom stereocenters. The lowest BCUT2D eigenvalue weighted by Crippen LogP contribution is -2.43. The minimum Gasteiger partial charge on any atom is -0.325 e. The zero-order valence-corrected chi connectivity index (χ0v) is 11.9. The highest BCUT2D eigenvalue weighted by Crippen LogP contribution is 2.18. The van der Waals surface area contributed by atoms with Gasteiger partial charge in [-0.05, 0) is 60.5 Å². The molecule has 1 aromatic carbocycles. The van der Waals surface area contributed by atoms with Crippen molar-refractivity contribution in [3.05, 3.63) is 30.1 Å². The molecule has 2 N–H and O–H groups in total. The van der Waals surface area contributed by atoms with Crippen molar-refractivity contribution in [2.24, 2.45) is 0 Å². The van der Waals surface area contributed by atoms with Gasteiger partial charge < -0.3 is 10.6 Å². The molecular formula is C14H18N6O. The molecule has 7 nitrogen and oxygen atoms in total. The number of hydrogen-bond donors (Lipinski definition) is 2. The average molecular weight is 286 g/mol. The van der Waals surface area contributed by atoms with E-state index in [1.165, 1.54) is 0 Å². The van der Waals surface area contributed by atoms with Crippen LogP contribution in [0.2, 0.25) is 0 Å². The van der Waals surface area contributed by atoms with Crippen molar-refractivity contribution in [2.45, 2.75) is 32.2 Å². The van der Waals surface area contributed by atoms with Crippen LogP contribution in [0.3, 0.4) is 0 Å². The Morgan fingerprint density at radius 2 is 2.33 bits per heavy atom. The molecule has 1 atom stereocenters. The molecule has 1 saturated heterocycles. The number of benzene rings is 1. The van der Waals surface area contributed by atoms with Gasteiger partial charge >= 0.3 is 0 Å². The maximum atomic E-state index is 12.2. The second-order valence-electron chi connectivity index (χ2n) is 5.25. The smallest absolute Gasteiger partial charge is 0.241 e. The predicted molar refractivity (Wildman–Crippen MR) is 78.2 cm³/mol. The van der Waals surface area contributed by atoms with E-state index in [0.717, 1.165) is 42.7 Å². The molecule has 0 spiro atoms. The van der Waals surface area contributed by atoms with Crippen molar-refractivity contribution < 1.29 is 4.79 Å². The number of rotatable bonds is 3. The molecule has 21 heavy (non-hydrogen) atoms. The summed E-state index contributed by atoms with van der Waals surface area (Å²) in [7, 11) is 0. The number of aryl methyl sites for hydroxylation is 1. The predicted octanol–water partition coefficient (Wildman–Crippen LogP) is 1.05. The average Bonchev–Trinajstić information content (AvgIpc) is 3.02. The molecule has 1 aliphatic heterocycles. The van der Waals surface area contributed by atoms with Gasteiger partial charge in [-0.1, -0.05) is 6.42 Å². The third kappa shape index (κ3) is 3.08. The zero-order valence-electron chi connectivity index (χ0n) is 11.9. The van der Waals surface area contributed by atoms with Crippen LogP contribution in [0.25, 0.3) is 5.69 Å². The van der Waals surface area contributed by atoms with Crippen LogP contribution in [0.1, 0.15) is 24.8 Å². The molecule has 1 aromatic heterocycles. The minimum absolute atomic E-state index is 0.0317. The lowest BCUT2D eigenvalue weighted by molar-refractivity contribution is -0.118.